The Morgan fingerprint density at radius 3 is 2.61 bits per heavy atom. The summed E-state index contributed by atoms with van der Waals surface area (Å²) in [5.41, 5.74) is 3.65. The van der Waals surface area contributed by atoms with Crippen molar-refractivity contribution >= 4 is 5.91 Å². The molecule has 4 heterocycles. The Morgan fingerprint density at radius 2 is 1.82 bits per heavy atom. The van der Waals surface area contributed by atoms with Gasteiger partial charge in [0.25, 0.3) is 0 Å². The summed E-state index contributed by atoms with van der Waals surface area (Å²) in [7, 11) is 0. The number of amides is 1. The minimum Gasteiger partial charge on any atom is -1.00 e. The molecule has 1 aromatic carbocycles. The van der Waals surface area contributed by atoms with E-state index in [2.05, 4.69) is 64.6 Å². The average Bonchev–Trinajstić information content (AvgIpc) is 3.27. The smallest absolute Gasteiger partial charge is 0.370 e. The van der Waals surface area contributed by atoms with Crippen LogP contribution in [0.25, 0.3) is 0 Å². The second-order valence-electron chi connectivity index (χ2n) is 11.9. The number of H-pyrrole nitrogens is 1. The van der Waals surface area contributed by atoms with Crippen LogP contribution >= 0.6 is 0 Å². The van der Waals surface area contributed by atoms with Gasteiger partial charge in [-0.2, -0.15) is 4.98 Å². The average molecular weight is 561 g/mol. The number of likely N-dealkylation sites (tertiary alicyclic amines) is 1. The van der Waals surface area contributed by atoms with Crippen molar-refractivity contribution in [3.05, 3.63) is 59.3 Å². The third-order valence-corrected chi connectivity index (χ3v) is 9.87. The molecule has 1 aliphatic carbocycles. The molecule has 4 aliphatic rings. The lowest BCUT2D eigenvalue weighted by Crippen LogP contribution is -3.00. The van der Waals surface area contributed by atoms with Gasteiger partial charge in [0, 0.05) is 25.6 Å². The van der Waals surface area contributed by atoms with Crippen LogP contribution in [0.3, 0.4) is 0 Å². The molecule has 3 fully saturated rings. The quantitative estimate of drug-likeness (QED) is 0.463. The number of fused-ring (bicyclic) bond motifs is 2. The predicted molar refractivity (Wildman–Crippen MR) is 140 cm³/mol. The zero-order valence-corrected chi connectivity index (χ0v) is 24.2. The normalized spacial score (nSPS) is 29.4. The highest BCUT2D eigenvalue weighted by Crippen LogP contribution is 2.46. The number of aromatic amines is 1. The number of nitrogens with one attached hydrogen (secondary N) is 1. The highest BCUT2D eigenvalue weighted by molar-refractivity contribution is 5.82. The van der Waals surface area contributed by atoms with Crippen molar-refractivity contribution < 1.29 is 44.6 Å². The number of nitrogens with zero attached hydrogens (tertiary/aromatic N) is 1. The van der Waals surface area contributed by atoms with Crippen LogP contribution in [0.2, 0.25) is 0 Å². The SMILES string of the molecule is Cc1ccc2c([nH+]1)OCCC[C@]21C[NH2+]CC1C(=O)N1CC[C@@H](c2ccccc2)C[C@H]1C1CCCCC1.[Cl-].[Cl-]. The lowest BCUT2D eigenvalue weighted by atomic mass is 9.68. The Balaban J connectivity index is 0.00000168. The third kappa shape index (κ3) is 5.44. The molecule has 1 unspecified atom stereocenters. The number of aryl methyl sites for hydroxylation is 1. The van der Waals surface area contributed by atoms with Gasteiger partial charge in [-0.25, -0.2) is 0 Å². The molecule has 1 amide bonds. The monoisotopic (exact) mass is 559 g/mol. The predicted octanol–water partition coefficient (Wildman–Crippen LogP) is -2.22. The van der Waals surface area contributed by atoms with Crippen LogP contribution < -0.4 is 39.9 Å². The summed E-state index contributed by atoms with van der Waals surface area (Å²) in [5, 5.41) is 2.39. The number of hydrogen-bond donors (Lipinski definition) is 1. The summed E-state index contributed by atoms with van der Waals surface area (Å²) in [6.07, 6.45) is 10.8. The van der Waals surface area contributed by atoms with Crippen LogP contribution in [0.1, 0.15) is 80.5 Å². The molecular formula is C31H43Cl2N3O2. The van der Waals surface area contributed by atoms with E-state index in [0.29, 0.717) is 23.8 Å². The van der Waals surface area contributed by atoms with Crippen LogP contribution in [0.4, 0.5) is 0 Å². The number of ether oxygens (including phenoxy) is 1. The molecule has 4 atom stereocenters. The number of rotatable bonds is 3. The fourth-order valence-electron chi connectivity index (χ4n) is 8.03. The summed E-state index contributed by atoms with van der Waals surface area (Å²) in [5.74, 6) is 2.55. The van der Waals surface area contributed by atoms with Crippen molar-refractivity contribution in [2.24, 2.45) is 11.8 Å². The first-order valence-corrected chi connectivity index (χ1v) is 14.5. The molecule has 3 aliphatic heterocycles. The summed E-state index contributed by atoms with van der Waals surface area (Å²) in [6, 6.07) is 15.8. The van der Waals surface area contributed by atoms with Crippen molar-refractivity contribution in [3.63, 3.8) is 0 Å². The minimum atomic E-state index is -0.138. The molecule has 1 aromatic heterocycles. The maximum absolute atomic E-state index is 14.6. The van der Waals surface area contributed by atoms with Gasteiger partial charge >= 0.3 is 5.88 Å². The molecule has 3 N–H and O–H groups in total. The zero-order chi connectivity index (χ0) is 24.5. The summed E-state index contributed by atoms with van der Waals surface area (Å²) in [4.78, 5) is 20.5. The van der Waals surface area contributed by atoms with E-state index < -0.39 is 0 Å². The molecule has 208 valence electrons. The third-order valence-electron chi connectivity index (χ3n) is 9.87. The zero-order valence-electron chi connectivity index (χ0n) is 22.6. The molecule has 7 heteroatoms. The van der Waals surface area contributed by atoms with Crippen LogP contribution in [0.5, 0.6) is 5.88 Å². The number of hydrogen-bond acceptors (Lipinski definition) is 2. The van der Waals surface area contributed by atoms with E-state index in [9.17, 15) is 4.79 Å². The number of pyridine rings is 1. The topological polar surface area (TPSA) is 60.3 Å². The van der Waals surface area contributed by atoms with E-state index >= 15 is 0 Å². The van der Waals surface area contributed by atoms with E-state index in [1.54, 1.807) is 0 Å². The van der Waals surface area contributed by atoms with Crippen LogP contribution in [0.15, 0.2) is 42.5 Å². The molecule has 6 rings (SSSR count). The van der Waals surface area contributed by atoms with Crippen molar-refractivity contribution in [1.29, 1.82) is 0 Å². The van der Waals surface area contributed by atoms with E-state index in [4.69, 9.17) is 4.74 Å². The Bertz CT molecular complexity index is 1080. The van der Waals surface area contributed by atoms with Gasteiger partial charge in [-0.1, -0.05) is 49.6 Å². The number of aromatic nitrogens is 1. The van der Waals surface area contributed by atoms with Gasteiger partial charge in [0.1, 0.15) is 5.92 Å². The second kappa shape index (κ2) is 12.6. The molecule has 0 radical (unpaired) electrons. The van der Waals surface area contributed by atoms with Gasteiger partial charge in [0.05, 0.1) is 30.7 Å². The van der Waals surface area contributed by atoms with Gasteiger partial charge in [0.15, 0.2) is 5.69 Å². The Labute approximate surface area is 240 Å². The molecule has 1 saturated carbocycles. The van der Waals surface area contributed by atoms with Crippen LogP contribution in [-0.4, -0.2) is 43.1 Å². The number of carbonyl (C=O) groups excluding carboxylic acids is 1. The number of carbonyl (C=O) groups is 1. The largest absolute Gasteiger partial charge is 1.00 e. The fraction of sp³-hybridized carbons (Fsp3) is 0.613. The van der Waals surface area contributed by atoms with E-state index in [0.717, 1.165) is 63.5 Å². The second-order valence-corrected chi connectivity index (χ2v) is 11.9. The molecule has 2 aromatic rings. The first-order valence-electron chi connectivity index (χ1n) is 14.5. The minimum absolute atomic E-state index is 0. The van der Waals surface area contributed by atoms with Gasteiger partial charge < -0.3 is 39.8 Å². The van der Waals surface area contributed by atoms with Gasteiger partial charge in [-0.3, -0.25) is 4.79 Å². The van der Waals surface area contributed by atoms with Crippen LogP contribution in [0, 0.1) is 18.8 Å². The lowest BCUT2D eigenvalue weighted by molar-refractivity contribution is -0.640. The van der Waals surface area contributed by atoms with Gasteiger partial charge in [-0.05, 0) is 62.0 Å². The molecule has 1 spiro atoms. The highest BCUT2D eigenvalue weighted by Gasteiger charge is 2.56. The molecule has 0 bridgehead atoms. The molecular weight excluding hydrogens is 517 g/mol. The van der Waals surface area contributed by atoms with Crippen molar-refractivity contribution in [3.8, 4) is 5.88 Å². The van der Waals surface area contributed by atoms with E-state index in [1.807, 2.05) is 0 Å². The summed E-state index contributed by atoms with van der Waals surface area (Å²) >= 11 is 0. The summed E-state index contributed by atoms with van der Waals surface area (Å²) in [6.45, 7) is 5.57. The van der Waals surface area contributed by atoms with E-state index in [1.165, 1.54) is 43.2 Å². The number of halogens is 2. The number of benzene rings is 1. The molecule has 38 heavy (non-hydrogen) atoms. The Morgan fingerprint density at radius 1 is 1.03 bits per heavy atom. The van der Waals surface area contributed by atoms with Crippen molar-refractivity contribution in [2.45, 2.75) is 82.1 Å². The maximum atomic E-state index is 14.6. The highest BCUT2D eigenvalue weighted by atomic mass is 35.5. The molecule has 2 saturated heterocycles. The first-order chi connectivity index (χ1) is 17.7. The van der Waals surface area contributed by atoms with Crippen molar-refractivity contribution in [2.75, 3.05) is 26.2 Å². The first kappa shape index (κ1) is 29.2. The van der Waals surface area contributed by atoms with Gasteiger partial charge in [0.2, 0.25) is 5.91 Å². The standard InChI is InChI=1S/C31H41N3O2.2ClH/c1-22-13-14-26-29(33-22)36-18-8-16-31(26)21-32-20-27(31)30(35)34-17-15-25(23-9-4-2-5-10-23)19-28(34)24-11-6-3-7-12-24;;/h2,4-5,9-10,13-14,24-25,27-28,32H,3,6-8,11-12,15-21H2,1H3;2*1H/t25-,27?,28+,31+;;/m1../s1. The number of quaternary nitrogens is 1. The van der Waals surface area contributed by atoms with Gasteiger partial charge in [-0.15, -0.1) is 0 Å². The Kier molecular flexibility index (Phi) is 9.65. The number of nitrogens with two attached hydrogens (primary N) is 1. The summed E-state index contributed by atoms with van der Waals surface area (Å²) < 4.78 is 6.17. The number of piperidine rings is 1. The maximum Gasteiger partial charge on any atom is 0.370 e. The van der Waals surface area contributed by atoms with E-state index in [-0.39, 0.29) is 36.1 Å². The Hall–Kier alpha value is -1.82. The molecule has 5 nitrogen and oxygen atoms in total. The van der Waals surface area contributed by atoms with Crippen LogP contribution in [-0.2, 0) is 10.2 Å². The lowest BCUT2D eigenvalue weighted by Gasteiger charge is -2.46. The fourth-order valence-corrected chi connectivity index (χ4v) is 8.03. The van der Waals surface area contributed by atoms with Crippen molar-refractivity contribution in [1.82, 2.24) is 4.90 Å².